The van der Waals surface area contributed by atoms with Crippen molar-refractivity contribution in [2.75, 3.05) is 6.54 Å². The first kappa shape index (κ1) is 28.0. The zero-order chi connectivity index (χ0) is 29.2. The summed E-state index contributed by atoms with van der Waals surface area (Å²) in [5.74, 6) is 0.221. The molecule has 0 spiro atoms. The average Bonchev–Trinajstić information content (AvgIpc) is 3.65. The minimum Gasteiger partial charge on any atom is -0.342 e. The molecule has 4 aromatic carbocycles. The number of fused-ring (bicyclic) bond motifs is 1. The number of hydrogen-bond donors (Lipinski definition) is 2. The molecule has 2 unspecified atom stereocenters. The van der Waals surface area contributed by atoms with Crippen LogP contribution >= 0.6 is 23.2 Å². The number of aromatic amines is 1. The molecule has 0 bridgehead atoms. The minimum atomic E-state index is -0.387. The Morgan fingerprint density at radius 3 is 2.29 bits per heavy atom. The normalized spacial score (nSPS) is 15.7. The Balaban J connectivity index is 1.21. The van der Waals surface area contributed by atoms with E-state index in [0.29, 0.717) is 28.5 Å². The van der Waals surface area contributed by atoms with Crippen LogP contribution in [-0.4, -0.2) is 39.3 Å². The van der Waals surface area contributed by atoms with E-state index in [4.69, 9.17) is 23.2 Å². The lowest BCUT2D eigenvalue weighted by atomic mass is 9.83. The molecule has 1 aliphatic heterocycles. The first-order chi connectivity index (χ1) is 20.4. The van der Waals surface area contributed by atoms with Crippen molar-refractivity contribution in [3.05, 3.63) is 135 Å². The van der Waals surface area contributed by atoms with Crippen molar-refractivity contribution in [2.45, 2.75) is 37.8 Å². The van der Waals surface area contributed by atoms with E-state index in [1.54, 1.807) is 30.3 Å². The number of H-pyrrole nitrogens is 1. The third kappa shape index (κ3) is 5.65. The van der Waals surface area contributed by atoms with E-state index in [1.165, 1.54) is 11.1 Å². The molecule has 0 saturated carbocycles. The van der Waals surface area contributed by atoms with Crippen molar-refractivity contribution in [1.29, 1.82) is 0 Å². The van der Waals surface area contributed by atoms with Crippen molar-refractivity contribution in [1.82, 2.24) is 20.2 Å². The maximum absolute atomic E-state index is 13.9. The summed E-state index contributed by atoms with van der Waals surface area (Å²) in [7, 11) is 0. The minimum absolute atomic E-state index is 0.0131. The standard InChI is InChI=1S/C34H30Cl2N4O2/c1-21(32-38-28-17-15-25(35)20-29(28)39-32)37-33(41)24-14-16-26(27(36)19-24)34(42)40-18-8-13-30(40)31(22-9-4-2-5-10-22)23-11-6-3-7-12-23/h2-7,9-12,14-17,19-21,30-31H,8,13,18H2,1H3,(H,37,41)(H,38,39). The largest absolute Gasteiger partial charge is 0.342 e. The fraction of sp³-hybridized carbons (Fsp3) is 0.206. The number of rotatable bonds is 7. The van der Waals surface area contributed by atoms with Gasteiger partial charge in [-0.3, -0.25) is 9.59 Å². The summed E-state index contributed by atoms with van der Waals surface area (Å²) < 4.78 is 0. The molecule has 0 radical (unpaired) electrons. The molecule has 42 heavy (non-hydrogen) atoms. The molecular formula is C34H30Cl2N4O2. The van der Waals surface area contributed by atoms with Gasteiger partial charge in [0, 0.05) is 29.1 Å². The molecule has 1 fully saturated rings. The molecule has 1 aromatic heterocycles. The van der Waals surface area contributed by atoms with Crippen LogP contribution in [0.2, 0.25) is 10.0 Å². The number of nitrogens with one attached hydrogen (secondary N) is 2. The first-order valence-corrected chi connectivity index (χ1v) is 14.8. The van der Waals surface area contributed by atoms with Gasteiger partial charge in [-0.1, -0.05) is 83.9 Å². The third-order valence-electron chi connectivity index (χ3n) is 7.95. The lowest BCUT2D eigenvalue weighted by Crippen LogP contribution is -2.39. The van der Waals surface area contributed by atoms with Gasteiger partial charge in [0.25, 0.3) is 11.8 Å². The SMILES string of the molecule is CC(NC(=O)c1ccc(C(=O)N2CCCC2C(c2ccccc2)c2ccccc2)c(Cl)c1)c1nc2cc(Cl)ccc2[nH]1. The smallest absolute Gasteiger partial charge is 0.255 e. The summed E-state index contributed by atoms with van der Waals surface area (Å²) >= 11 is 12.8. The lowest BCUT2D eigenvalue weighted by molar-refractivity contribution is 0.0724. The fourth-order valence-electron chi connectivity index (χ4n) is 5.89. The number of nitrogens with zero attached hydrogens (tertiary/aromatic N) is 2. The molecule has 5 aromatic rings. The highest BCUT2D eigenvalue weighted by Crippen LogP contribution is 2.37. The summed E-state index contributed by atoms with van der Waals surface area (Å²) in [5.41, 5.74) is 4.67. The van der Waals surface area contributed by atoms with Crippen LogP contribution in [0.4, 0.5) is 0 Å². The molecule has 2 atom stereocenters. The monoisotopic (exact) mass is 596 g/mol. The van der Waals surface area contributed by atoms with Crippen LogP contribution in [-0.2, 0) is 0 Å². The molecule has 1 saturated heterocycles. The number of benzene rings is 4. The number of likely N-dealkylation sites (tertiary alicyclic amines) is 1. The van der Waals surface area contributed by atoms with Gasteiger partial charge < -0.3 is 15.2 Å². The molecule has 6 nitrogen and oxygen atoms in total. The molecule has 2 amide bonds. The van der Waals surface area contributed by atoms with Crippen molar-refractivity contribution in [2.24, 2.45) is 0 Å². The summed E-state index contributed by atoms with van der Waals surface area (Å²) in [6.07, 6.45) is 1.81. The van der Waals surface area contributed by atoms with Crippen LogP contribution in [0.3, 0.4) is 0 Å². The Morgan fingerprint density at radius 1 is 0.929 bits per heavy atom. The van der Waals surface area contributed by atoms with E-state index >= 15 is 0 Å². The Bertz CT molecular complexity index is 1700. The Morgan fingerprint density at radius 2 is 1.62 bits per heavy atom. The highest BCUT2D eigenvalue weighted by molar-refractivity contribution is 6.34. The maximum Gasteiger partial charge on any atom is 0.255 e. The van der Waals surface area contributed by atoms with Gasteiger partial charge in [-0.25, -0.2) is 4.98 Å². The van der Waals surface area contributed by atoms with E-state index in [0.717, 1.165) is 23.9 Å². The van der Waals surface area contributed by atoms with Gasteiger partial charge in [0.15, 0.2) is 0 Å². The topological polar surface area (TPSA) is 78.1 Å². The Hall–Kier alpha value is -4.13. The van der Waals surface area contributed by atoms with Gasteiger partial charge in [0.2, 0.25) is 0 Å². The van der Waals surface area contributed by atoms with E-state index < -0.39 is 0 Å². The maximum atomic E-state index is 13.9. The van der Waals surface area contributed by atoms with Crippen molar-refractivity contribution < 1.29 is 9.59 Å². The molecule has 6 rings (SSSR count). The predicted molar refractivity (Wildman–Crippen MR) is 167 cm³/mol. The summed E-state index contributed by atoms with van der Waals surface area (Å²) in [6.45, 7) is 2.50. The van der Waals surface area contributed by atoms with E-state index in [2.05, 4.69) is 39.6 Å². The van der Waals surface area contributed by atoms with Gasteiger partial charge in [-0.2, -0.15) is 0 Å². The fourth-order valence-corrected chi connectivity index (χ4v) is 6.31. The number of hydrogen-bond acceptors (Lipinski definition) is 3. The van der Waals surface area contributed by atoms with Crippen molar-refractivity contribution in [3.8, 4) is 0 Å². The summed E-state index contributed by atoms with van der Waals surface area (Å²) in [5, 5.41) is 3.80. The second-order valence-electron chi connectivity index (χ2n) is 10.7. The van der Waals surface area contributed by atoms with Crippen LogP contribution in [0.5, 0.6) is 0 Å². The molecule has 0 aliphatic carbocycles. The Kier molecular flexibility index (Phi) is 8.00. The van der Waals surface area contributed by atoms with Crippen molar-refractivity contribution >= 4 is 46.0 Å². The van der Waals surface area contributed by atoms with E-state index in [1.807, 2.05) is 54.3 Å². The number of halogens is 2. The molecular weight excluding hydrogens is 567 g/mol. The van der Waals surface area contributed by atoms with Gasteiger partial charge >= 0.3 is 0 Å². The van der Waals surface area contributed by atoms with Gasteiger partial charge in [0.1, 0.15) is 5.82 Å². The molecule has 8 heteroatoms. The lowest BCUT2D eigenvalue weighted by Gasteiger charge is -2.33. The molecule has 1 aliphatic rings. The number of amides is 2. The number of carbonyl (C=O) groups excluding carboxylic acids is 2. The van der Waals surface area contributed by atoms with Crippen molar-refractivity contribution in [3.63, 3.8) is 0 Å². The molecule has 2 N–H and O–H groups in total. The van der Waals surface area contributed by atoms with Gasteiger partial charge in [-0.15, -0.1) is 0 Å². The van der Waals surface area contributed by atoms with Crippen LogP contribution < -0.4 is 5.32 Å². The van der Waals surface area contributed by atoms with Crippen LogP contribution in [0.25, 0.3) is 11.0 Å². The summed E-state index contributed by atoms with van der Waals surface area (Å²) in [6, 6.07) is 30.6. The highest BCUT2D eigenvalue weighted by Gasteiger charge is 2.37. The third-order valence-corrected chi connectivity index (χ3v) is 8.49. The quantitative estimate of drug-likeness (QED) is 0.201. The molecule has 212 valence electrons. The number of imidazole rings is 1. The number of aromatic nitrogens is 2. The highest BCUT2D eigenvalue weighted by atomic mass is 35.5. The zero-order valence-electron chi connectivity index (χ0n) is 23.1. The van der Waals surface area contributed by atoms with Crippen LogP contribution in [0.1, 0.15) is 69.4 Å². The Labute approximate surface area is 254 Å². The predicted octanol–water partition coefficient (Wildman–Crippen LogP) is 7.80. The number of carbonyl (C=O) groups is 2. The van der Waals surface area contributed by atoms with Crippen LogP contribution in [0.15, 0.2) is 97.1 Å². The second-order valence-corrected chi connectivity index (χ2v) is 11.5. The zero-order valence-corrected chi connectivity index (χ0v) is 24.6. The molecule has 2 heterocycles. The second kappa shape index (κ2) is 12.0. The van der Waals surface area contributed by atoms with Crippen LogP contribution in [0, 0.1) is 0 Å². The van der Waals surface area contributed by atoms with E-state index in [9.17, 15) is 9.59 Å². The summed E-state index contributed by atoms with van der Waals surface area (Å²) in [4.78, 5) is 36.8. The van der Waals surface area contributed by atoms with E-state index in [-0.39, 0.29) is 34.8 Å². The van der Waals surface area contributed by atoms with Gasteiger partial charge in [0.05, 0.1) is 27.7 Å². The average molecular weight is 598 g/mol. The first-order valence-electron chi connectivity index (χ1n) is 14.1. The van der Waals surface area contributed by atoms with Gasteiger partial charge in [-0.05, 0) is 67.3 Å².